The average molecular weight is 411 g/mol. The van der Waals surface area contributed by atoms with Crippen molar-refractivity contribution >= 4 is 29.1 Å². The minimum Gasteiger partial charge on any atom is -0.342 e. The van der Waals surface area contributed by atoms with Crippen LogP contribution in [0.2, 0.25) is 5.02 Å². The van der Waals surface area contributed by atoms with Crippen LogP contribution in [0.4, 0.5) is 5.69 Å². The Kier molecular flexibility index (Phi) is 5.39. The maximum atomic E-state index is 13.4. The van der Waals surface area contributed by atoms with Gasteiger partial charge in [-0.05, 0) is 54.5 Å². The minimum absolute atomic E-state index is 0.00229. The predicted molar refractivity (Wildman–Crippen MR) is 116 cm³/mol. The van der Waals surface area contributed by atoms with Crippen LogP contribution < -0.4 is 5.32 Å². The highest BCUT2D eigenvalue weighted by atomic mass is 35.5. The van der Waals surface area contributed by atoms with Crippen molar-refractivity contribution in [3.8, 4) is 0 Å². The molecule has 0 spiro atoms. The molecule has 1 atom stereocenters. The summed E-state index contributed by atoms with van der Waals surface area (Å²) in [6, 6.07) is 15.8. The Labute approximate surface area is 177 Å². The van der Waals surface area contributed by atoms with E-state index in [1.54, 1.807) is 0 Å². The molecule has 4 rings (SSSR count). The summed E-state index contributed by atoms with van der Waals surface area (Å²) in [5.41, 5.74) is 2.40. The van der Waals surface area contributed by atoms with Crippen molar-refractivity contribution in [1.82, 2.24) is 4.90 Å². The highest BCUT2D eigenvalue weighted by Crippen LogP contribution is 2.48. The fourth-order valence-corrected chi connectivity index (χ4v) is 5.20. The van der Waals surface area contributed by atoms with Crippen LogP contribution in [-0.4, -0.2) is 29.8 Å². The zero-order valence-electron chi connectivity index (χ0n) is 17.0. The Morgan fingerprint density at radius 2 is 1.90 bits per heavy atom. The summed E-state index contributed by atoms with van der Waals surface area (Å²) in [5, 5.41) is 3.80. The van der Waals surface area contributed by atoms with Gasteiger partial charge in [-0.15, -0.1) is 0 Å². The fourth-order valence-electron chi connectivity index (χ4n) is 4.99. The molecule has 0 aromatic heterocycles. The number of benzene rings is 2. The molecule has 2 aliphatic rings. The van der Waals surface area contributed by atoms with E-state index in [-0.39, 0.29) is 23.7 Å². The molecule has 2 amide bonds. The van der Waals surface area contributed by atoms with Crippen molar-refractivity contribution < 1.29 is 9.59 Å². The van der Waals surface area contributed by atoms with Crippen LogP contribution >= 0.6 is 11.6 Å². The summed E-state index contributed by atoms with van der Waals surface area (Å²) in [7, 11) is 0. The summed E-state index contributed by atoms with van der Waals surface area (Å²) in [5.74, 6) is 0.430. The second-order valence-electron chi connectivity index (χ2n) is 8.53. The normalized spacial score (nSPS) is 21.9. The van der Waals surface area contributed by atoms with Crippen molar-refractivity contribution in [1.29, 1.82) is 0 Å². The third-order valence-corrected chi connectivity index (χ3v) is 6.67. The zero-order valence-corrected chi connectivity index (χ0v) is 17.7. The van der Waals surface area contributed by atoms with E-state index in [2.05, 4.69) is 11.4 Å². The largest absolute Gasteiger partial charge is 0.342 e. The van der Waals surface area contributed by atoms with Gasteiger partial charge in [0.1, 0.15) is 0 Å². The molecule has 0 bridgehead atoms. The van der Waals surface area contributed by atoms with Crippen molar-refractivity contribution in [2.75, 3.05) is 18.4 Å². The van der Waals surface area contributed by atoms with E-state index in [4.69, 9.17) is 11.6 Å². The minimum atomic E-state index is -0.631. The van der Waals surface area contributed by atoms with E-state index in [0.717, 1.165) is 29.7 Å². The molecular formula is C24H27ClN2O2. The smallest absolute Gasteiger partial charge is 0.235 e. The molecule has 1 unspecified atom stereocenters. The van der Waals surface area contributed by atoms with E-state index in [1.807, 2.05) is 61.2 Å². The van der Waals surface area contributed by atoms with Crippen molar-refractivity contribution in [2.45, 2.75) is 38.5 Å². The third-order valence-electron chi connectivity index (χ3n) is 6.43. The monoisotopic (exact) mass is 410 g/mol. The standard InChI is InChI=1S/C24H27ClN2O2/c1-16(2)22(28)27-12-10-18(11-13-27)24(15-17-6-5-7-19(25)14-17)20-8-3-4-9-21(20)26-23(24)29/h3-9,14,16,18H,10-13,15H2,1-2H3,(H,26,29). The van der Waals surface area contributed by atoms with Gasteiger partial charge in [0.25, 0.3) is 0 Å². The number of nitrogens with one attached hydrogen (secondary N) is 1. The number of fused-ring (bicyclic) bond motifs is 1. The lowest BCUT2D eigenvalue weighted by molar-refractivity contribution is -0.136. The van der Waals surface area contributed by atoms with Crippen molar-refractivity contribution in [3.05, 3.63) is 64.7 Å². The number of para-hydroxylation sites is 1. The number of carbonyl (C=O) groups excluding carboxylic acids is 2. The van der Waals surface area contributed by atoms with Crippen LogP contribution in [0.1, 0.15) is 37.8 Å². The molecule has 4 nitrogen and oxygen atoms in total. The van der Waals surface area contributed by atoms with Crippen LogP contribution in [-0.2, 0) is 21.4 Å². The van der Waals surface area contributed by atoms with Crippen molar-refractivity contribution in [3.63, 3.8) is 0 Å². The summed E-state index contributed by atoms with van der Waals surface area (Å²) >= 11 is 6.24. The average Bonchev–Trinajstić information content (AvgIpc) is 3.00. The van der Waals surface area contributed by atoms with E-state index in [9.17, 15) is 9.59 Å². The number of nitrogens with zero attached hydrogens (tertiary/aromatic N) is 1. The number of hydrogen-bond acceptors (Lipinski definition) is 2. The zero-order chi connectivity index (χ0) is 20.6. The first kappa shape index (κ1) is 20.0. The summed E-state index contributed by atoms with van der Waals surface area (Å²) < 4.78 is 0. The quantitative estimate of drug-likeness (QED) is 0.796. The van der Waals surface area contributed by atoms with Gasteiger partial charge in [-0.2, -0.15) is 0 Å². The first-order valence-corrected chi connectivity index (χ1v) is 10.7. The number of hydrogen-bond donors (Lipinski definition) is 1. The second-order valence-corrected chi connectivity index (χ2v) is 8.97. The molecule has 0 aliphatic carbocycles. The first-order chi connectivity index (χ1) is 13.9. The van der Waals surface area contributed by atoms with Crippen LogP contribution in [0.25, 0.3) is 0 Å². The highest BCUT2D eigenvalue weighted by Gasteiger charge is 2.52. The van der Waals surface area contributed by atoms with E-state index >= 15 is 0 Å². The Morgan fingerprint density at radius 3 is 2.59 bits per heavy atom. The molecule has 2 aromatic rings. The van der Waals surface area contributed by atoms with Gasteiger partial charge in [0.2, 0.25) is 11.8 Å². The lowest BCUT2D eigenvalue weighted by Crippen LogP contribution is -2.50. The molecule has 2 aromatic carbocycles. The van der Waals surface area contributed by atoms with E-state index < -0.39 is 5.41 Å². The van der Waals surface area contributed by atoms with Gasteiger partial charge >= 0.3 is 0 Å². The molecule has 2 aliphatic heterocycles. The number of carbonyl (C=O) groups is 2. The van der Waals surface area contributed by atoms with Crippen LogP contribution in [0.3, 0.4) is 0 Å². The van der Waals surface area contributed by atoms with E-state index in [1.165, 1.54) is 0 Å². The molecule has 5 heteroatoms. The molecule has 1 saturated heterocycles. The van der Waals surface area contributed by atoms with Gasteiger partial charge in [-0.3, -0.25) is 9.59 Å². The Balaban J connectivity index is 1.69. The van der Waals surface area contributed by atoms with Gasteiger partial charge < -0.3 is 10.2 Å². The first-order valence-electron chi connectivity index (χ1n) is 10.4. The predicted octanol–water partition coefficient (Wildman–Crippen LogP) is 4.67. The molecule has 1 fully saturated rings. The maximum absolute atomic E-state index is 13.4. The fraction of sp³-hybridized carbons (Fsp3) is 0.417. The van der Waals surface area contributed by atoms with Crippen LogP contribution in [0, 0.1) is 11.8 Å². The number of anilines is 1. The highest BCUT2D eigenvalue weighted by molar-refractivity contribution is 6.30. The summed E-state index contributed by atoms with van der Waals surface area (Å²) in [4.78, 5) is 27.8. The number of piperidine rings is 1. The molecular weight excluding hydrogens is 384 g/mol. The lowest BCUT2D eigenvalue weighted by atomic mass is 9.64. The van der Waals surface area contributed by atoms with Crippen molar-refractivity contribution in [2.24, 2.45) is 11.8 Å². The number of likely N-dealkylation sites (tertiary alicyclic amines) is 1. The topological polar surface area (TPSA) is 49.4 Å². The number of halogens is 1. The Bertz CT molecular complexity index is 934. The molecule has 152 valence electrons. The van der Waals surface area contributed by atoms with Gasteiger partial charge in [-0.25, -0.2) is 0 Å². The van der Waals surface area contributed by atoms with Gasteiger partial charge in [0.05, 0.1) is 5.41 Å². The maximum Gasteiger partial charge on any atom is 0.235 e. The van der Waals surface area contributed by atoms with Gasteiger partial charge in [-0.1, -0.05) is 55.8 Å². The van der Waals surface area contributed by atoms with E-state index in [0.29, 0.717) is 24.5 Å². The molecule has 29 heavy (non-hydrogen) atoms. The third kappa shape index (κ3) is 3.55. The van der Waals surface area contributed by atoms with Crippen LogP contribution in [0.15, 0.2) is 48.5 Å². The molecule has 2 heterocycles. The molecule has 0 saturated carbocycles. The number of amides is 2. The van der Waals surface area contributed by atoms with Gasteiger partial charge in [0, 0.05) is 29.7 Å². The Morgan fingerprint density at radius 1 is 1.17 bits per heavy atom. The summed E-state index contributed by atoms with van der Waals surface area (Å²) in [6.07, 6.45) is 2.25. The SMILES string of the molecule is CC(C)C(=O)N1CCC(C2(Cc3cccc(Cl)c3)C(=O)Nc3ccccc32)CC1. The lowest BCUT2D eigenvalue weighted by Gasteiger charge is -2.42. The van der Waals surface area contributed by atoms with Gasteiger partial charge in [0.15, 0.2) is 0 Å². The molecule has 1 N–H and O–H groups in total. The molecule has 0 radical (unpaired) electrons. The Hall–Kier alpha value is -2.33. The number of rotatable bonds is 4. The summed E-state index contributed by atoms with van der Waals surface area (Å²) in [6.45, 7) is 5.29. The van der Waals surface area contributed by atoms with Crippen LogP contribution in [0.5, 0.6) is 0 Å². The second kappa shape index (κ2) is 7.83.